The third-order valence-electron chi connectivity index (χ3n) is 3.36. The van der Waals surface area contributed by atoms with Gasteiger partial charge in [-0.25, -0.2) is 9.97 Å². The first kappa shape index (κ1) is 17.4. The largest absolute Gasteiger partial charge is 0.477 e. The molecule has 25 heavy (non-hydrogen) atoms. The quantitative estimate of drug-likeness (QED) is 0.694. The number of thiazole rings is 1. The maximum absolute atomic E-state index is 12.4. The van der Waals surface area contributed by atoms with Gasteiger partial charge in [-0.15, -0.1) is 11.3 Å². The second kappa shape index (κ2) is 8.09. The molecule has 0 aliphatic carbocycles. The van der Waals surface area contributed by atoms with E-state index in [1.54, 1.807) is 24.5 Å². The van der Waals surface area contributed by atoms with Crippen LogP contribution < -0.4 is 10.1 Å². The van der Waals surface area contributed by atoms with Crippen molar-refractivity contribution in [3.05, 3.63) is 69.8 Å². The van der Waals surface area contributed by atoms with E-state index in [1.165, 1.54) is 11.3 Å². The Kier molecular flexibility index (Phi) is 5.63. The van der Waals surface area contributed by atoms with Crippen LogP contribution in [0.4, 0.5) is 5.13 Å². The van der Waals surface area contributed by atoms with Crippen LogP contribution in [0.25, 0.3) is 0 Å². The number of amides is 1. The van der Waals surface area contributed by atoms with Crippen LogP contribution in [0, 0.1) is 0 Å². The van der Waals surface area contributed by atoms with Gasteiger partial charge in [-0.2, -0.15) is 0 Å². The van der Waals surface area contributed by atoms with Crippen LogP contribution in [0.2, 0.25) is 5.02 Å². The van der Waals surface area contributed by atoms with Crippen LogP contribution in [0.15, 0.2) is 48.8 Å². The number of aromatic nitrogens is 2. The van der Waals surface area contributed by atoms with Crippen molar-refractivity contribution >= 4 is 34.0 Å². The predicted octanol–water partition coefficient (Wildman–Crippen LogP) is 4.43. The Morgan fingerprint density at radius 3 is 2.80 bits per heavy atom. The average molecular weight is 374 g/mol. The molecule has 0 saturated carbocycles. The molecule has 0 radical (unpaired) electrons. The molecule has 2 heterocycles. The molecule has 0 unspecified atom stereocenters. The molecule has 0 fully saturated rings. The van der Waals surface area contributed by atoms with Crippen LogP contribution in [0.1, 0.15) is 27.7 Å². The number of ether oxygens (including phenoxy) is 1. The normalized spacial score (nSPS) is 10.5. The zero-order chi connectivity index (χ0) is 17.6. The number of anilines is 1. The van der Waals surface area contributed by atoms with Gasteiger partial charge in [-0.1, -0.05) is 23.7 Å². The van der Waals surface area contributed by atoms with Gasteiger partial charge in [-0.05, 0) is 36.8 Å². The van der Waals surface area contributed by atoms with E-state index in [0.29, 0.717) is 28.2 Å². The van der Waals surface area contributed by atoms with Crippen LogP contribution in [-0.2, 0) is 6.42 Å². The second-order valence-electron chi connectivity index (χ2n) is 5.18. The molecule has 0 atom stereocenters. The second-order valence-corrected chi connectivity index (χ2v) is 6.73. The molecule has 0 aliphatic heterocycles. The summed E-state index contributed by atoms with van der Waals surface area (Å²) >= 11 is 7.33. The van der Waals surface area contributed by atoms with E-state index < -0.39 is 0 Å². The lowest BCUT2D eigenvalue weighted by atomic mass is 10.1. The summed E-state index contributed by atoms with van der Waals surface area (Å²) in [5.41, 5.74) is 1.52. The molecule has 0 spiro atoms. The number of hydrogen-bond donors (Lipinski definition) is 1. The number of pyridine rings is 1. The van der Waals surface area contributed by atoms with Crippen molar-refractivity contribution < 1.29 is 9.53 Å². The topological polar surface area (TPSA) is 64.1 Å². The predicted molar refractivity (Wildman–Crippen MR) is 99.7 cm³/mol. The molecule has 0 bridgehead atoms. The molecule has 3 rings (SSSR count). The molecule has 128 valence electrons. The summed E-state index contributed by atoms with van der Waals surface area (Å²) in [5, 5.41) is 4.05. The summed E-state index contributed by atoms with van der Waals surface area (Å²) < 4.78 is 5.39. The van der Waals surface area contributed by atoms with Gasteiger partial charge in [0, 0.05) is 28.7 Å². The highest BCUT2D eigenvalue weighted by Gasteiger charge is 2.15. The lowest BCUT2D eigenvalue weighted by Gasteiger charge is -2.07. The van der Waals surface area contributed by atoms with E-state index in [0.717, 1.165) is 16.9 Å². The van der Waals surface area contributed by atoms with E-state index in [9.17, 15) is 4.79 Å². The molecule has 1 aromatic carbocycles. The number of halogens is 1. The van der Waals surface area contributed by atoms with Crippen LogP contribution in [0.3, 0.4) is 0 Å². The number of nitrogens with zero attached hydrogens (tertiary/aromatic N) is 2. The lowest BCUT2D eigenvalue weighted by Crippen LogP contribution is -2.14. The van der Waals surface area contributed by atoms with Gasteiger partial charge in [0.2, 0.25) is 5.88 Å². The molecule has 3 aromatic rings. The Hall–Kier alpha value is -2.44. The highest BCUT2D eigenvalue weighted by atomic mass is 35.5. The molecular weight excluding hydrogens is 358 g/mol. The van der Waals surface area contributed by atoms with Crippen molar-refractivity contribution in [2.45, 2.75) is 13.3 Å². The monoisotopic (exact) mass is 373 g/mol. The summed E-state index contributed by atoms with van der Waals surface area (Å²) in [4.78, 5) is 21.8. The van der Waals surface area contributed by atoms with Gasteiger partial charge < -0.3 is 4.74 Å². The van der Waals surface area contributed by atoms with Crippen molar-refractivity contribution in [1.29, 1.82) is 0 Å². The fourth-order valence-corrected chi connectivity index (χ4v) is 3.20. The Labute approximate surface area is 154 Å². The van der Waals surface area contributed by atoms with Crippen LogP contribution >= 0.6 is 22.9 Å². The van der Waals surface area contributed by atoms with Crippen LogP contribution in [-0.4, -0.2) is 22.5 Å². The van der Waals surface area contributed by atoms with Gasteiger partial charge in [0.15, 0.2) is 5.13 Å². The number of rotatable bonds is 6. The van der Waals surface area contributed by atoms with E-state index in [4.69, 9.17) is 16.3 Å². The van der Waals surface area contributed by atoms with Crippen molar-refractivity contribution in [3.63, 3.8) is 0 Å². The standard InChI is InChI=1S/C18H16ClN3O2S/c1-2-24-17-15(4-3-9-20-17)16(23)22-18-21-11-14(25-18)10-12-5-7-13(19)8-6-12/h3-9,11H,2,10H2,1H3,(H,21,22,23). The number of hydrogen-bond acceptors (Lipinski definition) is 5. The van der Waals surface area contributed by atoms with Crippen molar-refractivity contribution in [2.24, 2.45) is 0 Å². The zero-order valence-electron chi connectivity index (χ0n) is 13.5. The first-order valence-electron chi connectivity index (χ1n) is 7.74. The van der Waals surface area contributed by atoms with Crippen molar-refractivity contribution in [3.8, 4) is 5.88 Å². The Morgan fingerprint density at radius 2 is 2.04 bits per heavy atom. The smallest absolute Gasteiger partial charge is 0.262 e. The summed E-state index contributed by atoms with van der Waals surface area (Å²) in [6.45, 7) is 2.29. The Morgan fingerprint density at radius 1 is 1.24 bits per heavy atom. The SMILES string of the molecule is CCOc1ncccc1C(=O)Nc1ncc(Cc2ccc(Cl)cc2)s1. The minimum atomic E-state index is -0.288. The van der Waals surface area contributed by atoms with Gasteiger partial charge in [-0.3, -0.25) is 10.1 Å². The first-order valence-corrected chi connectivity index (χ1v) is 8.93. The number of nitrogens with one attached hydrogen (secondary N) is 1. The molecule has 1 N–H and O–H groups in total. The van der Waals surface area contributed by atoms with E-state index >= 15 is 0 Å². The molecule has 2 aromatic heterocycles. The van der Waals surface area contributed by atoms with E-state index in [-0.39, 0.29) is 5.91 Å². The Bertz CT molecular complexity index is 865. The van der Waals surface area contributed by atoms with Crippen LogP contribution in [0.5, 0.6) is 5.88 Å². The fraction of sp³-hybridized carbons (Fsp3) is 0.167. The number of carbonyl (C=O) groups is 1. The number of benzene rings is 1. The maximum atomic E-state index is 12.4. The summed E-state index contributed by atoms with van der Waals surface area (Å²) in [6.07, 6.45) is 4.10. The molecule has 0 aliphatic rings. The molecule has 1 amide bonds. The minimum Gasteiger partial charge on any atom is -0.477 e. The fourth-order valence-electron chi connectivity index (χ4n) is 2.23. The highest BCUT2D eigenvalue weighted by Crippen LogP contribution is 2.23. The van der Waals surface area contributed by atoms with E-state index in [1.807, 2.05) is 31.2 Å². The maximum Gasteiger partial charge on any atom is 0.262 e. The highest BCUT2D eigenvalue weighted by molar-refractivity contribution is 7.15. The molecular formula is C18H16ClN3O2S. The minimum absolute atomic E-state index is 0.288. The first-order chi connectivity index (χ1) is 12.2. The van der Waals surface area contributed by atoms with Gasteiger partial charge in [0.25, 0.3) is 5.91 Å². The molecule has 7 heteroatoms. The van der Waals surface area contributed by atoms with Gasteiger partial charge in [0.05, 0.1) is 6.61 Å². The molecule has 0 saturated heterocycles. The van der Waals surface area contributed by atoms with Crippen molar-refractivity contribution in [2.75, 3.05) is 11.9 Å². The zero-order valence-corrected chi connectivity index (χ0v) is 15.1. The third kappa shape index (κ3) is 4.55. The van der Waals surface area contributed by atoms with Crippen molar-refractivity contribution in [1.82, 2.24) is 9.97 Å². The number of carbonyl (C=O) groups excluding carboxylic acids is 1. The third-order valence-corrected chi connectivity index (χ3v) is 4.53. The van der Waals surface area contributed by atoms with Gasteiger partial charge >= 0.3 is 0 Å². The summed E-state index contributed by atoms with van der Waals surface area (Å²) in [5.74, 6) is 0.0318. The summed E-state index contributed by atoms with van der Waals surface area (Å²) in [7, 11) is 0. The lowest BCUT2D eigenvalue weighted by molar-refractivity contribution is 0.102. The van der Waals surface area contributed by atoms with Gasteiger partial charge in [0.1, 0.15) is 5.56 Å². The summed E-state index contributed by atoms with van der Waals surface area (Å²) in [6, 6.07) is 11.0. The average Bonchev–Trinajstić information content (AvgIpc) is 3.04. The Balaban J connectivity index is 1.69. The molecule has 5 nitrogen and oxygen atoms in total. The van der Waals surface area contributed by atoms with E-state index in [2.05, 4.69) is 15.3 Å².